The topological polar surface area (TPSA) is 49.3 Å². The van der Waals surface area contributed by atoms with E-state index < -0.39 is 0 Å². The molecule has 2 fully saturated rings. The van der Waals surface area contributed by atoms with E-state index in [9.17, 15) is 10.2 Å². The van der Waals surface area contributed by atoms with Crippen LogP contribution in [-0.2, 0) is 13.1 Å². The average molecular weight is 306 g/mol. The summed E-state index contributed by atoms with van der Waals surface area (Å²) in [7, 11) is 0. The van der Waals surface area contributed by atoms with Crippen molar-refractivity contribution in [1.29, 1.82) is 0 Å². The Kier molecular flexibility index (Phi) is 5.21. The number of rotatable bonds is 4. The van der Waals surface area contributed by atoms with Crippen molar-refractivity contribution in [2.45, 2.75) is 51.6 Å². The molecule has 122 valence electrons. The lowest BCUT2D eigenvalue weighted by atomic mass is 10.0. The van der Waals surface area contributed by atoms with E-state index in [2.05, 4.69) is 0 Å². The van der Waals surface area contributed by atoms with E-state index in [4.69, 9.17) is 0 Å². The number of aromatic hydroxyl groups is 2. The van der Waals surface area contributed by atoms with Crippen LogP contribution in [0.5, 0.6) is 11.5 Å². The molecule has 4 nitrogen and oxygen atoms in total. The standard InChI is InChI=1S/C18H28N2O2/c21-17-12-16(14-20-9-5-2-6-10-20)18(22)11-15(17)13-19-7-3-1-4-8-19/h11-12,21-22H,1-10,13-14H2/p+2. The van der Waals surface area contributed by atoms with E-state index in [0.29, 0.717) is 11.5 Å². The van der Waals surface area contributed by atoms with Crippen molar-refractivity contribution in [2.75, 3.05) is 26.2 Å². The average Bonchev–Trinajstić information content (AvgIpc) is 2.54. The van der Waals surface area contributed by atoms with Crippen molar-refractivity contribution < 1.29 is 20.0 Å². The molecule has 0 atom stereocenters. The number of piperidine rings is 2. The third-order valence-electron chi connectivity index (χ3n) is 5.28. The molecule has 3 rings (SSSR count). The second-order valence-corrected chi connectivity index (χ2v) is 7.08. The summed E-state index contributed by atoms with van der Waals surface area (Å²) in [5.74, 6) is 0.726. The number of hydrogen-bond acceptors (Lipinski definition) is 2. The second kappa shape index (κ2) is 7.34. The predicted octanol–water partition coefficient (Wildman–Crippen LogP) is 0.235. The van der Waals surface area contributed by atoms with Crippen LogP contribution in [0.1, 0.15) is 49.7 Å². The number of quaternary nitrogens is 2. The van der Waals surface area contributed by atoms with Crippen LogP contribution in [0.4, 0.5) is 0 Å². The van der Waals surface area contributed by atoms with Gasteiger partial charge in [-0.3, -0.25) is 0 Å². The maximum Gasteiger partial charge on any atom is 0.125 e. The molecule has 0 aliphatic carbocycles. The van der Waals surface area contributed by atoms with E-state index in [-0.39, 0.29) is 0 Å². The minimum absolute atomic E-state index is 0.363. The number of phenolic OH excluding ortho intramolecular Hbond substituents is 2. The van der Waals surface area contributed by atoms with Crippen LogP contribution in [0.15, 0.2) is 12.1 Å². The van der Waals surface area contributed by atoms with Gasteiger partial charge in [0.25, 0.3) is 0 Å². The van der Waals surface area contributed by atoms with Crippen molar-refractivity contribution in [3.63, 3.8) is 0 Å². The fraction of sp³-hybridized carbons (Fsp3) is 0.667. The van der Waals surface area contributed by atoms with Gasteiger partial charge in [0.15, 0.2) is 0 Å². The Morgan fingerprint density at radius 1 is 0.636 bits per heavy atom. The van der Waals surface area contributed by atoms with Gasteiger partial charge in [0.2, 0.25) is 0 Å². The Balaban J connectivity index is 1.67. The van der Waals surface area contributed by atoms with Crippen molar-refractivity contribution >= 4 is 0 Å². The van der Waals surface area contributed by atoms with Gasteiger partial charge in [-0.2, -0.15) is 0 Å². The summed E-state index contributed by atoms with van der Waals surface area (Å²) in [4.78, 5) is 3.05. The molecule has 2 heterocycles. The number of phenols is 2. The van der Waals surface area contributed by atoms with Gasteiger partial charge in [-0.05, 0) is 50.7 Å². The molecule has 1 aromatic rings. The summed E-state index contributed by atoms with van der Waals surface area (Å²) >= 11 is 0. The number of nitrogens with one attached hydrogen (secondary N) is 2. The first-order valence-electron chi connectivity index (χ1n) is 8.93. The highest BCUT2D eigenvalue weighted by Crippen LogP contribution is 2.26. The van der Waals surface area contributed by atoms with E-state index in [0.717, 1.165) is 24.2 Å². The summed E-state index contributed by atoms with van der Waals surface area (Å²) in [5, 5.41) is 20.7. The summed E-state index contributed by atoms with van der Waals surface area (Å²) in [6, 6.07) is 3.60. The maximum atomic E-state index is 10.3. The highest BCUT2D eigenvalue weighted by atomic mass is 16.3. The molecule has 2 aliphatic rings. The SMILES string of the molecule is Oc1cc(C[NH+]2CCCCC2)c(O)cc1C[NH+]1CCCCC1. The molecule has 0 spiro atoms. The number of benzene rings is 1. The molecule has 4 N–H and O–H groups in total. The summed E-state index contributed by atoms with van der Waals surface area (Å²) in [6.45, 7) is 6.38. The molecule has 4 heteroatoms. The molecular formula is C18H30N2O2+2. The lowest BCUT2D eigenvalue weighted by Crippen LogP contribution is -3.11. The first-order valence-corrected chi connectivity index (χ1v) is 8.93. The highest BCUT2D eigenvalue weighted by molar-refractivity contribution is 5.44. The van der Waals surface area contributed by atoms with Crippen molar-refractivity contribution in [2.24, 2.45) is 0 Å². The smallest absolute Gasteiger partial charge is 0.125 e. The minimum atomic E-state index is 0.363. The second-order valence-electron chi connectivity index (χ2n) is 7.08. The summed E-state index contributed by atoms with van der Waals surface area (Å²) in [5.41, 5.74) is 1.79. The van der Waals surface area contributed by atoms with Gasteiger partial charge in [0, 0.05) is 0 Å². The fourth-order valence-electron chi connectivity index (χ4n) is 3.94. The Morgan fingerprint density at radius 2 is 1.00 bits per heavy atom. The van der Waals surface area contributed by atoms with E-state index in [1.807, 2.05) is 0 Å². The van der Waals surface area contributed by atoms with Crippen molar-refractivity contribution in [3.05, 3.63) is 23.3 Å². The van der Waals surface area contributed by atoms with Gasteiger partial charge < -0.3 is 20.0 Å². The molecule has 1 aromatic carbocycles. The first kappa shape index (κ1) is 15.6. The third kappa shape index (κ3) is 3.93. The van der Waals surface area contributed by atoms with Crippen LogP contribution in [0.3, 0.4) is 0 Å². The molecule has 0 radical (unpaired) electrons. The minimum Gasteiger partial charge on any atom is -0.507 e. The Morgan fingerprint density at radius 3 is 1.36 bits per heavy atom. The molecule has 2 saturated heterocycles. The van der Waals surface area contributed by atoms with E-state index in [1.54, 1.807) is 12.1 Å². The molecule has 0 unspecified atom stereocenters. The Bertz CT molecular complexity index is 446. The molecule has 22 heavy (non-hydrogen) atoms. The lowest BCUT2D eigenvalue weighted by molar-refractivity contribution is -0.918. The zero-order valence-electron chi connectivity index (χ0n) is 13.5. The van der Waals surface area contributed by atoms with Gasteiger partial charge in [-0.25, -0.2) is 0 Å². The lowest BCUT2D eigenvalue weighted by Gasteiger charge is -2.25. The molecule has 0 aromatic heterocycles. The highest BCUT2D eigenvalue weighted by Gasteiger charge is 2.20. The number of hydrogen-bond donors (Lipinski definition) is 4. The van der Waals surface area contributed by atoms with Gasteiger partial charge in [0.05, 0.1) is 37.3 Å². The van der Waals surface area contributed by atoms with Crippen LogP contribution >= 0.6 is 0 Å². The van der Waals surface area contributed by atoms with Crippen LogP contribution < -0.4 is 9.80 Å². The maximum absolute atomic E-state index is 10.3. The molecule has 0 bridgehead atoms. The van der Waals surface area contributed by atoms with Gasteiger partial charge >= 0.3 is 0 Å². The van der Waals surface area contributed by atoms with Crippen LogP contribution in [0.25, 0.3) is 0 Å². The van der Waals surface area contributed by atoms with Crippen molar-refractivity contribution in [1.82, 2.24) is 0 Å². The van der Waals surface area contributed by atoms with Gasteiger partial charge in [-0.1, -0.05) is 0 Å². The molecule has 2 aliphatic heterocycles. The largest absolute Gasteiger partial charge is 0.507 e. The number of likely N-dealkylation sites (tertiary alicyclic amines) is 2. The molecule has 0 saturated carbocycles. The molecule has 0 amide bonds. The third-order valence-corrected chi connectivity index (χ3v) is 5.28. The van der Waals surface area contributed by atoms with E-state index in [1.165, 1.54) is 74.5 Å². The first-order chi connectivity index (χ1) is 10.7. The van der Waals surface area contributed by atoms with Crippen LogP contribution in [0.2, 0.25) is 0 Å². The Hall–Kier alpha value is -1.26. The Labute approximate surface area is 133 Å². The zero-order chi connectivity index (χ0) is 15.4. The van der Waals surface area contributed by atoms with Crippen LogP contribution in [0, 0.1) is 0 Å². The van der Waals surface area contributed by atoms with E-state index >= 15 is 0 Å². The van der Waals surface area contributed by atoms with Gasteiger partial charge in [0.1, 0.15) is 24.6 Å². The summed E-state index contributed by atoms with van der Waals surface area (Å²) < 4.78 is 0. The normalized spacial score (nSPS) is 21.1. The monoisotopic (exact) mass is 306 g/mol. The predicted molar refractivity (Wildman–Crippen MR) is 86.3 cm³/mol. The molecular weight excluding hydrogens is 276 g/mol. The quantitative estimate of drug-likeness (QED) is 0.602. The fourth-order valence-corrected chi connectivity index (χ4v) is 3.94. The van der Waals surface area contributed by atoms with Crippen molar-refractivity contribution in [3.8, 4) is 11.5 Å². The van der Waals surface area contributed by atoms with Gasteiger partial charge in [-0.15, -0.1) is 0 Å². The summed E-state index contributed by atoms with van der Waals surface area (Å²) in [6.07, 6.45) is 7.77. The van der Waals surface area contributed by atoms with Crippen LogP contribution in [-0.4, -0.2) is 36.4 Å². The zero-order valence-corrected chi connectivity index (χ0v) is 13.5.